The molecule has 2 amide bonds. The molecular weight excluding hydrogens is 359 g/mol. The fourth-order valence-corrected chi connectivity index (χ4v) is 3.48. The molecule has 2 heterocycles. The lowest BCUT2D eigenvalue weighted by Gasteiger charge is -2.29. The Kier molecular flexibility index (Phi) is 7.37. The molecule has 144 valence electrons. The zero-order chi connectivity index (χ0) is 17.8. The molecule has 6 nitrogen and oxygen atoms in total. The molecule has 8 heteroatoms. The molecule has 0 bridgehead atoms. The van der Waals surface area contributed by atoms with Gasteiger partial charge in [-0.3, -0.25) is 14.5 Å². The van der Waals surface area contributed by atoms with Crippen molar-refractivity contribution in [3.05, 3.63) is 30.1 Å². The van der Waals surface area contributed by atoms with E-state index in [1.165, 1.54) is 11.0 Å². The maximum absolute atomic E-state index is 13.9. The van der Waals surface area contributed by atoms with Gasteiger partial charge in [-0.25, -0.2) is 4.39 Å². The summed E-state index contributed by atoms with van der Waals surface area (Å²) in [5.74, 6) is -0.347. The van der Waals surface area contributed by atoms with Crippen molar-refractivity contribution in [2.45, 2.75) is 18.9 Å². The predicted octanol–water partition coefficient (Wildman–Crippen LogP) is 1.11. The molecule has 1 aromatic rings. The van der Waals surface area contributed by atoms with Crippen molar-refractivity contribution >= 4 is 29.9 Å². The van der Waals surface area contributed by atoms with Gasteiger partial charge in [0.2, 0.25) is 11.8 Å². The van der Waals surface area contributed by atoms with Crippen molar-refractivity contribution in [1.29, 1.82) is 0 Å². The van der Waals surface area contributed by atoms with E-state index in [2.05, 4.69) is 5.32 Å². The van der Waals surface area contributed by atoms with Crippen LogP contribution < -0.4 is 10.2 Å². The highest BCUT2D eigenvalue weighted by Crippen LogP contribution is 2.26. The summed E-state index contributed by atoms with van der Waals surface area (Å²) < 4.78 is 13.9. The Morgan fingerprint density at radius 2 is 1.96 bits per heavy atom. The summed E-state index contributed by atoms with van der Waals surface area (Å²) in [7, 11) is 1.86. The van der Waals surface area contributed by atoms with E-state index in [0.717, 1.165) is 26.2 Å². The number of anilines is 1. The molecule has 26 heavy (non-hydrogen) atoms. The van der Waals surface area contributed by atoms with Crippen LogP contribution in [0.1, 0.15) is 12.8 Å². The van der Waals surface area contributed by atoms with Crippen LogP contribution in [0.5, 0.6) is 0 Å². The number of halogens is 2. The van der Waals surface area contributed by atoms with Gasteiger partial charge in [0, 0.05) is 45.7 Å². The van der Waals surface area contributed by atoms with Crippen LogP contribution in [0.25, 0.3) is 0 Å². The average molecular weight is 385 g/mol. The molecule has 0 radical (unpaired) electrons. The van der Waals surface area contributed by atoms with Crippen molar-refractivity contribution in [1.82, 2.24) is 15.1 Å². The number of piperazine rings is 1. The standard InChI is InChI=1S/C18H25FN4O2.ClH/c1-21(10-7-17(24)22-12-8-20-9-13-22)16-6-11-23(18(16)25)15-5-3-2-4-14(15)19;/h2-5,16,20H,6-13H2,1H3;1H. The lowest BCUT2D eigenvalue weighted by Crippen LogP contribution is -2.47. The van der Waals surface area contributed by atoms with Crippen LogP contribution >= 0.6 is 12.4 Å². The van der Waals surface area contributed by atoms with E-state index in [4.69, 9.17) is 0 Å². The Hall–Kier alpha value is -1.70. The highest BCUT2D eigenvalue weighted by molar-refractivity contribution is 5.99. The van der Waals surface area contributed by atoms with E-state index in [0.29, 0.717) is 31.6 Å². The molecule has 1 atom stereocenters. The summed E-state index contributed by atoms with van der Waals surface area (Å²) in [6, 6.07) is 6.05. The highest BCUT2D eigenvalue weighted by atomic mass is 35.5. The summed E-state index contributed by atoms with van der Waals surface area (Å²) in [6.07, 6.45) is 1.05. The van der Waals surface area contributed by atoms with E-state index < -0.39 is 0 Å². The van der Waals surface area contributed by atoms with Crippen LogP contribution in [0.2, 0.25) is 0 Å². The van der Waals surface area contributed by atoms with Crippen LogP contribution in [0.3, 0.4) is 0 Å². The summed E-state index contributed by atoms with van der Waals surface area (Å²) in [5, 5.41) is 3.22. The molecule has 2 aliphatic rings. The fraction of sp³-hybridized carbons (Fsp3) is 0.556. The number of rotatable bonds is 5. The number of carbonyl (C=O) groups is 2. The first-order chi connectivity index (χ1) is 12.1. The molecule has 1 N–H and O–H groups in total. The van der Waals surface area contributed by atoms with Crippen LogP contribution in [0.15, 0.2) is 24.3 Å². The maximum atomic E-state index is 13.9. The first-order valence-corrected chi connectivity index (χ1v) is 8.82. The molecule has 2 aliphatic heterocycles. The van der Waals surface area contributed by atoms with Gasteiger partial charge in [-0.05, 0) is 25.6 Å². The second-order valence-electron chi connectivity index (χ2n) is 6.61. The number of para-hydroxylation sites is 1. The van der Waals surface area contributed by atoms with Gasteiger partial charge >= 0.3 is 0 Å². The van der Waals surface area contributed by atoms with Gasteiger partial charge in [-0.15, -0.1) is 12.4 Å². The van der Waals surface area contributed by atoms with E-state index in [9.17, 15) is 14.0 Å². The minimum atomic E-state index is -0.381. The second-order valence-corrected chi connectivity index (χ2v) is 6.61. The summed E-state index contributed by atoms with van der Waals surface area (Å²) in [4.78, 5) is 30.2. The lowest BCUT2D eigenvalue weighted by molar-refractivity contribution is -0.132. The second kappa shape index (κ2) is 9.30. The number of likely N-dealkylation sites (N-methyl/N-ethyl adjacent to an activating group) is 1. The normalized spacial score (nSPS) is 20.4. The third kappa shape index (κ3) is 4.52. The minimum Gasteiger partial charge on any atom is -0.340 e. The Bertz CT molecular complexity index is 639. The largest absolute Gasteiger partial charge is 0.340 e. The third-order valence-corrected chi connectivity index (χ3v) is 5.00. The van der Waals surface area contributed by atoms with Crippen molar-refractivity contribution in [2.75, 3.05) is 51.2 Å². The quantitative estimate of drug-likeness (QED) is 0.826. The molecular formula is C18H26ClFN4O2. The summed E-state index contributed by atoms with van der Waals surface area (Å²) in [6.45, 7) is 4.18. The molecule has 0 aliphatic carbocycles. The molecule has 3 rings (SSSR count). The Labute approximate surface area is 159 Å². The molecule has 1 unspecified atom stereocenters. The predicted molar refractivity (Wildman–Crippen MR) is 101 cm³/mol. The fourth-order valence-electron chi connectivity index (χ4n) is 3.48. The molecule has 0 spiro atoms. The maximum Gasteiger partial charge on any atom is 0.244 e. The number of carbonyl (C=O) groups excluding carboxylic acids is 2. The number of nitrogens with zero attached hydrogens (tertiary/aromatic N) is 3. The van der Waals surface area contributed by atoms with Gasteiger partial charge in [0.25, 0.3) is 0 Å². The minimum absolute atomic E-state index is 0. The Balaban J connectivity index is 0.00000243. The van der Waals surface area contributed by atoms with Gasteiger partial charge < -0.3 is 15.1 Å². The molecule has 1 aromatic carbocycles. The smallest absolute Gasteiger partial charge is 0.244 e. The Morgan fingerprint density at radius 1 is 1.27 bits per heavy atom. The average Bonchev–Trinajstić information content (AvgIpc) is 3.02. The van der Waals surface area contributed by atoms with Gasteiger partial charge in [-0.2, -0.15) is 0 Å². The first kappa shape index (κ1) is 20.6. The van der Waals surface area contributed by atoms with Crippen molar-refractivity contribution in [2.24, 2.45) is 0 Å². The lowest BCUT2D eigenvalue weighted by atomic mass is 10.2. The topological polar surface area (TPSA) is 55.9 Å². The molecule has 2 fully saturated rings. The molecule has 2 saturated heterocycles. The van der Waals surface area contributed by atoms with Gasteiger partial charge in [0.05, 0.1) is 11.7 Å². The first-order valence-electron chi connectivity index (χ1n) is 8.82. The van der Waals surface area contributed by atoms with Crippen molar-refractivity contribution in [3.63, 3.8) is 0 Å². The Morgan fingerprint density at radius 3 is 2.65 bits per heavy atom. The zero-order valence-corrected chi connectivity index (χ0v) is 15.8. The van der Waals surface area contributed by atoms with Crippen molar-refractivity contribution < 1.29 is 14.0 Å². The number of nitrogens with one attached hydrogen (secondary N) is 1. The van der Waals surface area contributed by atoms with E-state index in [-0.39, 0.29) is 36.1 Å². The number of hydrogen-bond acceptors (Lipinski definition) is 4. The highest BCUT2D eigenvalue weighted by Gasteiger charge is 2.36. The van der Waals surface area contributed by atoms with Crippen molar-refractivity contribution in [3.8, 4) is 0 Å². The number of benzene rings is 1. The van der Waals surface area contributed by atoms with Crippen LogP contribution in [-0.2, 0) is 9.59 Å². The monoisotopic (exact) mass is 384 g/mol. The van der Waals surface area contributed by atoms with Gasteiger partial charge in [0.15, 0.2) is 0 Å². The number of amides is 2. The number of hydrogen-bond donors (Lipinski definition) is 1. The van der Waals surface area contributed by atoms with Gasteiger partial charge in [0.1, 0.15) is 5.82 Å². The molecule has 0 saturated carbocycles. The van der Waals surface area contributed by atoms with Gasteiger partial charge in [-0.1, -0.05) is 12.1 Å². The third-order valence-electron chi connectivity index (χ3n) is 5.00. The summed E-state index contributed by atoms with van der Waals surface area (Å²) >= 11 is 0. The zero-order valence-electron chi connectivity index (χ0n) is 15.0. The van der Waals surface area contributed by atoms with E-state index in [1.54, 1.807) is 18.2 Å². The van der Waals surface area contributed by atoms with Crippen LogP contribution in [-0.4, -0.2) is 74.0 Å². The van der Waals surface area contributed by atoms with Crippen LogP contribution in [0, 0.1) is 5.82 Å². The SMILES string of the molecule is CN(CCC(=O)N1CCNCC1)C1CCN(c2ccccc2F)C1=O.Cl. The van der Waals surface area contributed by atoms with E-state index in [1.807, 2.05) is 16.8 Å². The van der Waals surface area contributed by atoms with E-state index >= 15 is 0 Å². The molecule has 0 aromatic heterocycles. The summed E-state index contributed by atoms with van der Waals surface area (Å²) in [5.41, 5.74) is 0.334. The van der Waals surface area contributed by atoms with Crippen LogP contribution in [0.4, 0.5) is 10.1 Å².